The van der Waals surface area contributed by atoms with E-state index in [9.17, 15) is 13.6 Å². The maximum atomic E-state index is 13.2. The Bertz CT molecular complexity index is 894. The summed E-state index contributed by atoms with van der Waals surface area (Å²) in [5.41, 5.74) is 6.70. The van der Waals surface area contributed by atoms with Crippen LogP contribution in [0.1, 0.15) is 16.1 Å². The number of benzene rings is 2. The molecule has 1 aromatic heterocycles. The molecule has 0 saturated heterocycles. The summed E-state index contributed by atoms with van der Waals surface area (Å²) in [4.78, 5) is 12.2. The van der Waals surface area contributed by atoms with Crippen LogP contribution in [0.4, 0.5) is 20.3 Å². The lowest BCUT2D eigenvalue weighted by molar-refractivity contribution is 0.102. The van der Waals surface area contributed by atoms with Crippen LogP contribution in [0.25, 0.3) is 0 Å². The van der Waals surface area contributed by atoms with Crippen molar-refractivity contribution in [3.8, 4) is 0 Å². The zero-order valence-electron chi connectivity index (χ0n) is 12.4. The van der Waals surface area contributed by atoms with Gasteiger partial charge in [0, 0.05) is 5.69 Å². The van der Waals surface area contributed by atoms with Gasteiger partial charge in [0.1, 0.15) is 11.6 Å². The third kappa shape index (κ3) is 3.37. The highest BCUT2D eigenvalue weighted by atomic mass is 19.1. The van der Waals surface area contributed by atoms with Crippen LogP contribution < -0.4 is 11.1 Å². The number of nitrogens with two attached hydrogens (primary N) is 1. The van der Waals surface area contributed by atoms with E-state index in [4.69, 9.17) is 5.73 Å². The molecular weight excluding hydrogens is 316 g/mol. The molecule has 0 bridgehead atoms. The van der Waals surface area contributed by atoms with E-state index < -0.39 is 11.7 Å². The van der Waals surface area contributed by atoms with Crippen LogP contribution in [-0.4, -0.2) is 20.9 Å². The van der Waals surface area contributed by atoms with Crippen LogP contribution >= 0.6 is 0 Å². The Labute approximate surface area is 135 Å². The summed E-state index contributed by atoms with van der Waals surface area (Å²) < 4.78 is 27.6. The Morgan fingerprint density at radius 2 is 1.83 bits per heavy atom. The van der Waals surface area contributed by atoms with Crippen molar-refractivity contribution in [3.63, 3.8) is 0 Å². The largest absolute Gasteiger partial charge is 0.382 e. The number of rotatable bonds is 4. The van der Waals surface area contributed by atoms with Crippen LogP contribution in [0.3, 0.4) is 0 Å². The molecule has 8 heteroatoms. The Hall–Kier alpha value is -3.29. The molecule has 3 aromatic rings. The van der Waals surface area contributed by atoms with Crippen LogP contribution in [0.5, 0.6) is 0 Å². The average Bonchev–Trinajstić information content (AvgIpc) is 2.88. The SMILES string of the molecule is Nc1c(C(=O)Nc2cccc(F)c2)nnn1Cc1cccc(F)c1. The predicted octanol–water partition coefficient (Wildman–Crippen LogP) is 2.44. The molecule has 0 aliphatic rings. The highest BCUT2D eigenvalue weighted by molar-refractivity contribution is 6.05. The number of anilines is 2. The molecule has 3 rings (SSSR count). The van der Waals surface area contributed by atoms with Gasteiger partial charge in [0.25, 0.3) is 5.91 Å². The van der Waals surface area contributed by atoms with E-state index in [-0.39, 0.29) is 29.6 Å². The molecule has 24 heavy (non-hydrogen) atoms. The topological polar surface area (TPSA) is 85.8 Å². The highest BCUT2D eigenvalue weighted by Gasteiger charge is 2.18. The third-order valence-electron chi connectivity index (χ3n) is 3.29. The van der Waals surface area contributed by atoms with Gasteiger partial charge >= 0.3 is 0 Å². The molecule has 0 spiro atoms. The van der Waals surface area contributed by atoms with Crippen molar-refractivity contribution in [1.82, 2.24) is 15.0 Å². The van der Waals surface area contributed by atoms with Crippen molar-refractivity contribution in [2.45, 2.75) is 6.54 Å². The summed E-state index contributed by atoms with van der Waals surface area (Å²) >= 11 is 0. The maximum Gasteiger partial charge on any atom is 0.280 e. The Morgan fingerprint density at radius 3 is 2.54 bits per heavy atom. The van der Waals surface area contributed by atoms with Crippen molar-refractivity contribution in [2.24, 2.45) is 0 Å². The van der Waals surface area contributed by atoms with Crippen LogP contribution in [0, 0.1) is 11.6 Å². The predicted molar refractivity (Wildman–Crippen MR) is 84.3 cm³/mol. The van der Waals surface area contributed by atoms with Gasteiger partial charge < -0.3 is 11.1 Å². The molecule has 3 N–H and O–H groups in total. The normalized spacial score (nSPS) is 10.6. The Morgan fingerprint density at radius 1 is 1.12 bits per heavy atom. The molecule has 1 amide bonds. The number of hydrogen-bond acceptors (Lipinski definition) is 4. The van der Waals surface area contributed by atoms with E-state index in [1.807, 2.05) is 0 Å². The monoisotopic (exact) mass is 329 g/mol. The molecule has 0 atom stereocenters. The van der Waals surface area contributed by atoms with Gasteiger partial charge in [0.2, 0.25) is 0 Å². The summed E-state index contributed by atoms with van der Waals surface area (Å²) in [5, 5.41) is 10.0. The van der Waals surface area contributed by atoms with E-state index >= 15 is 0 Å². The molecule has 2 aromatic carbocycles. The molecule has 0 aliphatic carbocycles. The number of carbonyl (C=O) groups is 1. The molecule has 6 nitrogen and oxygen atoms in total. The van der Waals surface area contributed by atoms with Crippen LogP contribution in [0.15, 0.2) is 48.5 Å². The maximum absolute atomic E-state index is 13.2. The molecule has 122 valence electrons. The first kappa shape index (κ1) is 15.6. The quantitative estimate of drug-likeness (QED) is 0.770. The van der Waals surface area contributed by atoms with E-state index in [1.165, 1.54) is 41.1 Å². The number of nitrogen functional groups attached to an aromatic ring is 1. The lowest BCUT2D eigenvalue weighted by atomic mass is 10.2. The fourth-order valence-electron chi connectivity index (χ4n) is 2.16. The van der Waals surface area contributed by atoms with Gasteiger partial charge in [-0.25, -0.2) is 13.5 Å². The van der Waals surface area contributed by atoms with E-state index in [1.54, 1.807) is 12.1 Å². The van der Waals surface area contributed by atoms with E-state index in [0.717, 1.165) is 0 Å². The second-order valence-electron chi connectivity index (χ2n) is 5.08. The molecule has 0 unspecified atom stereocenters. The van der Waals surface area contributed by atoms with Gasteiger partial charge in [0.05, 0.1) is 6.54 Å². The second kappa shape index (κ2) is 6.45. The van der Waals surface area contributed by atoms with Gasteiger partial charge in [-0.05, 0) is 35.9 Å². The first-order valence-electron chi connectivity index (χ1n) is 7.03. The number of nitrogens with zero attached hydrogens (tertiary/aromatic N) is 3. The summed E-state index contributed by atoms with van der Waals surface area (Å²) in [6, 6.07) is 11.4. The summed E-state index contributed by atoms with van der Waals surface area (Å²) in [6.07, 6.45) is 0. The summed E-state index contributed by atoms with van der Waals surface area (Å²) in [6.45, 7) is 0.170. The number of carbonyl (C=O) groups excluding carboxylic acids is 1. The van der Waals surface area contributed by atoms with Gasteiger partial charge in [-0.3, -0.25) is 4.79 Å². The third-order valence-corrected chi connectivity index (χ3v) is 3.29. The number of amides is 1. The lowest BCUT2D eigenvalue weighted by Crippen LogP contribution is -2.15. The van der Waals surface area contributed by atoms with E-state index in [0.29, 0.717) is 5.56 Å². The van der Waals surface area contributed by atoms with Gasteiger partial charge in [0.15, 0.2) is 11.5 Å². The van der Waals surface area contributed by atoms with Gasteiger partial charge in [-0.1, -0.05) is 23.4 Å². The van der Waals surface area contributed by atoms with Crippen molar-refractivity contribution < 1.29 is 13.6 Å². The van der Waals surface area contributed by atoms with Crippen molar-refractivity contribution >= 4 is 17.4 Å². The van der Waals surface area contributed by atoms with Gasteiger partial charge in [-0.2, -0.15) is 0 Å². The lowest BCUT2D eigenvalue weighted by Gasteiger charge is -2.05. The van der Waals surface area contributed by atoms with Crippen molar-refractivity contribution in [1.29, 1.82) is 0 Å². The van der Waals surface area contributed by atoms with Crippen molar-refractivity contribution in [2.75, 3.05) is 11.1 Å². The van der Waals surface area contributed by atoms with Crippen LogP contribution in [-0.2, 0) is 6.54 Å². The van der Waals surface area contributed by atoms with Crippen molar-refractivity contribution in [3.05, 3.63) is 71.4 Å². The zero-order chi connectivity index (χ0) is 17.1. The molecule has 1 heterocycles. The minimum atomic E-state index is -0.608. The second-order valence-corrected chi connectivity index (χ2v) is 5.08. The number of nitrogens with one attached hydrogen (secondary N) is 1. The minimum absolute atomic E-state index is 0.0353. The molecular formula is C16H13F2N5O. The zero-order valence-corrected chi connectivity index (χ0v) is 12.4. The highest BCUT2D eigenvalue weighted by Crippen LogP contribution is 2.15. The Balaban J connectivity index is 1.78. The fraction of sp³-hybridized carbons (Fsp3) is 0.0625. The van der Waals surface area contributed by atoms with Crippen LogP contribution in [0.2, 0.25) is 0 Å². The smallest absolute Gasteiger partial charge is 0.280 e. The molecule has 0 aliphatic heterocycles. The molecule has 0 saturated carbocycles. The number of halogens is 2. The summed E-state index contributed by atoms with van der Waals surface area (Å²) in [5.74, 6) is -1.43. The Kier molecular flexibility index (Phi) is 4.19. The molecule has 0 radical (unpaired) electrons. The number of aromatic nitrogens is 3. The standard InChI is InChI=1S/C16H13F2N5O/c17-11-4-1-3-10(7-11)9-23-15(19)14(21-22-23)16(24)20-13-6-2-5-12(18)8-13/h1-8H,9,19H2,(H,20,24). The fourth-order valence-corrected chi connectivity index (χ4v) is 2.16. The first-order chi connectivity index (χ1) is 11.5. The minimum Gasteiger partial charge on any atom is -0.382 e. The first-order valence-corrected chi connectivity index (χ1v) is 7.03. The number of hydrogen-bond donors (Lipinski definition) is 2. The van der Waals surface area contributed by atoms with Gasteiger partial charge in [-0.15, -0.1) is 5.10 Å². The van der Waals surface area contributed by atoms with E-state index in [2.05, 4.69) is 15.6 Å². The summed E-state index contributed by atoms with van der Waals surface area (Å²) in [7, 11) is 0. The average molecular weight is 329 g/mol. The molecule has 0 fully saturated rings.